The number of amidine groups is 1. The molecule has 11 heteroatoms. The van der Waals surface area contributed by atoms with Crippen molar-refractivity contribution in [1.82, 2.24) is 4.90 Å². The van der Waals surface area contributed by atoms with Crippen LogP contribution in [0.5, 0.6) is 11.5 Å². The van der Waals surface area contributed by atoms with E-state index >= 15 is 0 Å². The summed E-state index contributed by atoms with van der Waals surface area (Å²) in [6.07, 6.45) is 7.18. The van der Waals surface area contributed by atoms with E-state index in [1.54, 1.807) is 24.4 Å². The highest BCUT2D eigenvalue weighted by Gasteiger charge is 2.39. The van der Waals surface area contributed by atoms with Crippen LogP contribution in [0, 0.1) is 5.82 Å². The molecule has 0 fully saturated rings. The minimum Gasteiger partial charge on any atom is -0.544 e. The number of amides is 1. The molecule has 0 bridgehead atoms. The number of nitrogens with zero attached hydrogens (tertiary/aromatic N) is 6. The molecule has 0 atom stereocenters. The maximum Gasteiger partial charge on any atom is 0.282 e. The van der Waals surface area contributed by atoms with Crippen LogP contribution in [-0.2, 0) is 11.2 Å². The molecule has 3 aromatic rings. The molecule has 0 spiro atoms. The van der Waals surface area contributed by atoms with Gasteiger partial charge in [-0.25, -0.2) is 14.4 Å². The van der Waals surface area contributed by atoms with Crippen LogP contribution in [0.3, 0.4) is 0 Å². The first-order valence-electron chi connectivity index (χ1n) is 16.7. The number of rotatable bonds is 14. The molecule has 3 aromatic carbocycles. The Hall–Kier alpha value is -4.99. The third kappa shape index (κ3) is 8.93. The summed E-state index contributed by atoms with van der Waals surface area (Å²) in [6, 6.07) is 22.4. The van der Waals surface area contributed by atoms with Crippen molar-refractivity contribution < 1.29 is 18.3 Å². The number of carbonyl (C=O) groups excluding carboxylic acids is 1. The summed E-state index contributed by atoms with van der Waals surface area (Å²) in [7, 11) is -2.00. The number of azide groups is 1. The van der Waals surface area contributed by atoms with Crippen LogP contribution in [0.25, 0.3) is 22.2 Å². The van der Waals surface area contributed by atoms with Crippen LogP contribution >= 0.6 is 0 Å². The van der Waals surface area contributed by atoms with Gasteiger partial charge in [0.15, 0.2) is 17.4 Å². The molecule has 2 heterocycles. The third-order valence-electron chi connectivity index (χ3n) is 8.93. The first kappa shape index (κ1) is 35.3. The summed E-state index contributed by atoms with van der Waals surface area (Å²) in [6.45, 7) is 11.9. The number of benzene rings is 3. The summed E-state index contributed by atoms with van der Waals surface area (Å²) in [5.74, 6) is 0.604. The molecule has 0 N–H and O–H groups in total. The van der Waals surface area contributed by atoms with Crippen molar-refractivity contribution in [2.24, 2.45) is 15.1 Å². The van der Waals surface area contributed by atoms with Gasteiger partial charge in [0.25, 0.3) is 5.91 Å². The number of ether oxygens (including phenoxy) is 1. The van der Waals surface area contributed by atoms with E-state index in [0.717, 1.165) is 42.6 Å². The lowest BCUT2D eigenvalue weighted by Crippen LogP contribution is -2.43. The van der Waals surface area contributed by atoms with Gasteiger partial charge < -0.3 is 9.16 Å². The molecule has 5 rings (SSSR count). The molecular formula is C38H43FN6O3Si. The molecule has 0 radical (unpaired) electrons. The third-order valence-corrected chi connectivity index (χ3v) is 13.3. The predicted molar refractivity (Wildman–Crippen MR) is 196 cm³/mol. The molecule has 254 valence electrons. The van der Waals surface area contributed by atoms with Crippen molar-refractivity contribution in [2.45, 2.75) is 71.0 Å². The highest BCUT2D eigenvalue weighted by molar-refractivity contribution is 6.74. The van der Waals surface area contributed by atoms with Gasteiger partial charge in [-0.05, 0) is 90.1 Å². The Morgan fingerprint density at radius 1 is 0.980 bits per heavy atom. The molecule has 2 aliphatic rings. The average Bonchev–Trinajstić information content (AvgIpc) is 3.38. The smallest absolute Gasteiger partial charge is 0.282 e. The fourth-order valence-electron chi connectivity index (χ4n) is 5.13. The largest absolute Gasteiger partial charge is 0.544 e. The predicted octanol–water partition coefficient (Wildman–Crippen LogP) is 9.74. The Morgan fingerprint density at radius 3 is 2.41 bits per heavy atom. The molecule has 0 saturated carbocycles. The Morgan fingerprint density at radius 2 is 1.71 bits per heavy atom. The van der Waals surface area contributed by atoms with Gasteiger partial charge in [-0.3, -0.25) is 9.69 Å². The van der Waals surface area contributed by atoms with E-state index in [-0.39, 0.29) is 22.4 Å². The van der Waals surface area contributed by atoms with Crippen molar-refractivity contribution >= 4 is 37.5 Å². The van der Waals surface area contributed by atoms with Gasteiger partial charge in [-0.2, -0.15) is 0 Å². The number of unbranched alkanes of at least 4 members (excludes halogenated alkanes) is 3. The van der Waals surface area contributed by atoms with Gasteiger partial charge in [0.1, 0.15) is 11.4 Å². The van der Waals surface area contributed by atoms with Gasteiger partial charge >= 0.3 is 0 Å². The van der Waals surface area contributed by atoms with Crippen LogP contribution in [0.4, 0.5) is 4.39 Å². The molecule has 2 aliphatic heterocycles. The quantitative estimate of drug-likeness (QED) is 0.0422. The number of hydrogen-bond donors (Lipinski definition) is 0. The molecule has 1 amide bonds. The summed E-state index contributed by atoms with van der Waals surface area (Å²) in [5.41, 5.74) is 12.2. The average molecular weight is 679 g/mol. The van der Waals surface area contributed by atoms with Crippen LogP contribution in [0.1, 0.15) is 63.1 Å². The maximum absolute atomic E-state index is 15.0. The topological polar surface area (TPSA) is 112 Å². The van der Waals surface area contributed by atoms with E-state index in [9.17, 15) is 9.18 Å². The van der Waals surface area contributed by atoms with E-state index in [2.05, 4.69) is 43.9 Å². The van der Waals surface area contributed by atoms with Crippen LogP contribution in [0.2, 0.25) is 18.1 Å². The summed E-state index contributed by atoms with van der Waals surface area (Å²) in [4.78, 5) is 27.7. The SMILES string of the molecule is CC(C)(C)[Si](C)(C)Oc1ccc(C2=CN3C(=O)C(=Cc4ccc(OCCCCCCN=[N+]=[N-])c(F)c4)N=C3C(Cc3ccccc3)=N2)cc1. The normalized spacial score (nSPS) is 15.3. The number of carbonyl (C=O) groups is 1. The lowest BCUT2D eigenvalue weighted by molar-refractivity contribution is -0.120. The van der Waals surface area contributed by atoms with Crippen molar-refractivity contribution in [3.8, 4) is 11.5 Å². The van der Waals surface area contributed by atoms with Gasteiger partial charge in [-0.15, -0.1) is 0 Å². The Kier molecular flexibility index (Phi) is 11.2. The lowest BCUT2D eigenvalue weighted by atomic mass is 10.0. The lowest BCUT2D eigenvalue weighted by Gasteiger charge is -2.36. The molecule has 9 nitrogen and oxygen atoms in total. The monoisotopic (exact) mass is 678 g/mol. The zero-order valence-corrected chi connectivity index (χ0v) is 29.8. The molecule has 0 aliphatic carbocycles. The minimum atomic E-state index is -2.00. The van der Waals surface area contributed by atoms with Crippen molar-refractivity contribution in [3.05, 3.63) is 118 Å². The Bertz CT molecular complexity index is 1840. The maximum atomic E-state index is 15.0. The Balaban J connectivity index is 1.34. The van der Waals surface area contributed by atoms with E-state index in [4.69, 9.17) is 24.7 Å². The van der Waals surface area contributed by atoms with Crippen molar-refractivity contribution in [3.63, 3.8) is 0 Å². The fourth-order valence-corrected chi connectivity index (χ4v) is 6.17. The van der Waals surface area contributed by atoms with Crippen molar-refractivity contribution in [2.75, 3.05) is 13.2 Å². The molecule has 0 unspecified atom stereocenters. The summed E-state index contributed by atoms with van der Waals surface area (Å²) >= 11 is 0. The van der Waals surface area contributed by atoms with Crippen LogP contribution in [-0.4, -0.2) is 43.8 Å². The molecule has 49 heavy (non-hydrogen) atoms. The van der Waals surface area contributed by atoms with Crippen molar-refractivity contribution in [1.29, 1.82) is 0 Å². The Labute approximate surface area is 288 Å². The summed E-state index contributed by atoms with van der Waals surface area (Å²) in [5, 5.41) is 3.60. The van der Waals surface area contributed by atoms with Gasteiger partial charge in [0, 0.05) is 29.6 Å². The highest BCUT2D eigenvalue weighted by Crippen LogP contribution is 2.38. The molecule has 0 saturated heterocycles. The number of fused-ring (bicyclic) bond motifs is 1. The zero-order valence-electron chi connectivity index (χ0n) is 28.8. The second kappa shape index (κ2) is 15.5. The van der Waals surface area contributed by atoms with Gasteiger partial charge in [0.2, 0.25) is 8.32 Å². The van der Waals surface area contributed by atoms with E-state index < -0.39 is 14.1 Å². The van der Waals surface area contributed by atoms with Gasteiger partial charge in [-0.1, -0.05) is 75.1 Å². The summed E-state index contributed by atoms with van der Waals surface area (Å²) < 4.78 is 27.1. The number of halogens is 1. The second-order valence-corrected chi connectivity index (χ2v) is 18.4. The molecular weight excluding hydrogens is 636 g/mol. The van der Waals surface area contributed by atoms with Crippen LogP contribution in [0.15, 0.2) is 99.8 Å². The highest BCUT2D eigenvalue weighted by atomic mass is 28.4. The molecule has 0 aromatic heterocycles. The van der Waals surface area contributed by atoms with E-state index in [1.165, 1.54) is 11.0 Å². The fraction of sp³-hybridized carbons (Fsp3) is 0.342. The first-order chi connectivity index (χ1) is 23.4. The first-order valence-corrected chi connectivity index (χ1v) is 19.6. The minimum absolute atomic E-state index is 0.0730. The zero-order chi connectivity index (χ0) is 35.0. The van der Waals surface area contributed by atoms with Gasteiger partial charge in [0.05, 0.1) is 18.0 Å². The van der Waals surface area contributed by atoms with E-state index in [0.29, 0.717) is 42.4 Å². The standard InChI is InChI=1S/C38H43FN6O3Si/c1-38(2,3)49(4,5)48-30-18-16-29(17-19-30)34-26-45-36(32(42-34)24-27-13-9-8-10-14-27)43-33(37(45)46)25-28-15-20-35(31(39)23-28)47-22-12-7-6-11-21-41-44-40/h8-10,13-20,23,25-26H,6-7,11-12,21-22,24H2,1-5H3. The number of aliphatic imine (C=N–C) groups is 2. The second-order valence-electron chi connectivity index (χ2n) is 13.7. The van der Waals surface area contributed by atoms with Crippen LogP contribution < -0.4 is 9.16 Å². The number of hydrogen-bond acceptors (Lipinski definition) is 6. The van der Waals surface area contributed by atoms with E-state index in [1.807, 2.05) is 54.6 Å².